The summed E-state index contributed by atoms with van der Waals surface area (Å²) in [4.78, 5) is 21.8. The van der Waals surface area contributed by atoms with Gasteiger partial charge in [-0.1, -0.05) is 35.7 Å². The lowest BCUT2D eigenvalue weighted by molar-refractivity contribution is 0.00134. The standard InChI is InChI=1S/C24H28ClN3O/c25-19-6-3-7-20-18(19)13-21(26-20)24(29)28-10-4-5-15-11-16-12-17(23(15)28)14-27-9-2-1-8-22(16)27/h3,6-7,11,13,16-17,22-23,26H,1-2,4-5,8-10,12,14H2/t16-,17-,22?,23?/m0/s1. The van der Waals surface area contributed by atoms with Crippen molar-refractivity contribution in [1.82, 2.24) is 14.8 Å². The van der Waals surface area contributed by atoms with Crippen molar-refractivity contribution >= 4 is 28.4 Å². The lowest BCUT2D eigenvalue weighted by Gasteiger charge is -2.54. The third kappa shape index (κ3) is 2.87. The molecule has 4 aliphatic rings. The van der Waals surface area contributed by atoms with E-state index in [0.29, 0.717) is 22.6 Å². The Morgan fingerprint density at radius 1 is 1.17 bits per heavy atom. The molecule has 3 aliphatic heterocycles. The topological polar surface area (TPSA) is 39.3 Å². The van der Waals surface area contributed by atoms with Crippen LogP contribution in [-0.2, 0) is 0 Å². The number of benzene rings is 1. The van der Waals surface area contributed by atoms with Crippen molar-refractivity contribution in [3.05, 3.63) is 46.6 Å². The molecule has 1 aromatic carbocycles. The van der Waals surface area contributed by atoms with E-state index in [4.69, 9.17) is 11.6 Å². The Bertz CT molecular complexity index is 995. The molecular weight excluding hydrogens is 382 g/mol. The normalized spacial score (nSPS) is 31.9. The predicted octanol–water partition coefficient (Wildman–Crippen LogP) is 4.86. The Labute approximate surface area is 176 Å². The number of aromatic nitrogens is 1. The van der Waals surface area contributed by atoms with Crippen molar-refractivity contribution in [3.8, 4) is 0 Å². The fourth-order valence-electron chi connectivity index (χ4n) is 6.59. The number of hydrogen-bond donors (Lipinski definition) is 1. The van der Waals surface area contributed by atoms with Gasteiger partial charge in [0.25, 0.3) is 5.91 Å². The van der Waals surface area contributed by atoms with Gasteiger partial charge in [0.05, 0.1) is 6.04 Å². The van der Waals surface area contributed by atoms with Crippen LogP contribution in [0.5, 0.6) is 0 Å². The van der Waals surface area contributed by atoms with E-state index >= 15 is 0 Å². The van der Waals surface area contributed by atoms with Gasteiger partial charge in [0.15, 0.2) is 0 Å². The van der Waals surface area contributed by atoms with Crippen molar-refractivity contribution in [2.75, 3.05) is 19.6 Å². The van der Waals surface area contributed by atoms with Crippen LogP contribution in [0.25, 0.3) is 10.9 Å². The van der Waals surface area contributed by atoms with Gasteiger partial charge in [-0.15, -0.1) is 0 Å². The van der Waals surface area contributed by atoms with Crippen LogP contribution in [0.15, 0.2) is 35.9 Å². The second kappa shape index (κ2) is 6.88. The van der Waals surface area contributed by atoms with Gasteiger partial charge in [0, 0.05) is 35.1 Å². The number of H-pyrrole nitrogens is 1. The van der Waals surface area contributed by atoms with Gasteiger partial charge in [0.2, 0.25) is 0 Å². The summed E-state index contributed by atoms with van der Waals surface area (Å²) >= 11 is 6.35. The van der Waals surface area contributed by atoms with Crippen LogP contribution in [-0.4, -0.2) is 52.4 Å². The van der Waals surface area contributed by atoms with E-state index in [0.717, 1.165) is 42.9 Å². The van der Waals surface area contributed by atoms with Gasteiger partial charge in [0.1, 0.15) is 5.69 Å². The van der Waals surface area contributed by atoms with Gasteiger partial charge in [-0.3, -0.25) is 9.69 Å². The fourth-order valence-corrected chi connectivity index (χ4v) is 6.82. The lowest BCUT2D eigenvalue weighted by atomic mass is 9.68. The number of carbonyl (C=O) groups excluding carboxylic acids is 1. The molecule has 29 heavy (non-hydrogen) atoms. The molecule has 1 aliphatic carbocycles. The molecule has 0 saturated carbocycles. The second-order valence-corrected chi connectivity index (χ2v) is 9.80. The SMILES string of the molecule is O=C(c1cc2c(Cl)cccc2[nH]1)N1CCCC2=C[C@H]3C[C@@H](CN4CCCCC34)C21. The number of hydrogen-bond acceptors (Lipinski definition) is 2. The quantitative estimate of drug-likeness (QED) is 0.683. The number of amides is 1. The lowest BCUT2D eigenvalue weighted by Crippen LogP contribution is -2.60. The molecule has 3 saturated heterocycles. The summed E-state index contributed by atoms with van der Waals surface area (Å²) in [6.07, 6.45) is 10.1. The van der Waals surface area contributed by atoms with Crippen LogP contribution in [0.3, 0.4) is 0 Å². The number of piperidine rings is 3. The monoisotopic (exact) mass is 409 g/mol. The van der Waals surface area contributed by atoms with Gasteiger partial charge in [-0.05, 0) is 68.7 Å². The number of fused-ring (bicyclic) bond motifs is 7. The summed E-state index contributed by atoms with van der Waals surface area (Å²) in [7, 11) is 0. The van der Waals surface area contributed by atoms with Crippen LogP contribution in [0.4, 0.5) is 0 Å². The Balaban J connectivity index is 1.34. The minimum Gasteiger partial charge on any atom is -0.350 e. The molecule has 5 heteroatoms. The molecule has 4 nitrogen and oxygen atoms in total. The third-order valence-electron chi connectivity index (χ3n) is 7.76. The summed E-state index contributed by atoms with van der Waals surface area (Å²) in [5.41, 5.74) is 3.14. The number of carbonyl (C=O) groups is 1. The van der Waals surface area contributed by atoms with E-state index in [2.05, 4.69) is 20.9 Å². The maximum Gasteiger partial charge on any atom is 0.270 e. The number of nitrogens with one attached hydrogen (secondary N) is 1. The van der Waals surface area contributed by atoms with E-state index in [9.17, 15) is 4.79 Å². The van der Waals surface area contributed by atoms with Crippen LogP contribution in [0, 0.1) is 11.8 Å². The average molecular weight is 410 g/mol. The highest BCUT2D eigenvalue weighted by Gasteiger charge is 2.47. The zero-order chi connectivity index (χ0) is 19.5. The molecule has 152 valence electrons. The molecule has 2 aromatic rings. The molecule has 1 amide bonds. The van der Waals surface area contributed by atoms with Crippen molar-refractivity contribution in [2.45, 2.75) is 50.6 Å². The van der Waals surface area contributed by atoms with Crippen molar-refractivity contribution in [3.63, 3.8) is 0 Å². The van der Waals surface area contributed by atoms with E-state index in [1.165, 1.54) is 37.8 Å². The van der Waals surface area contributed by atoms with E-state index in [-0.39, 0.29) is 11.9 Å². The first kappa shape index (κ1) is 18.0. The van der Waals surface area contributed by atoms with E-state index in [1.807, 2.05) is 24.3 Å². The number of nitrogens with zero attached hydrogens (tertiary/aromatic N) is 2. The Morgan fingerprint density at radius 3 is 3.00 bits per heavy atom. The highest BCUT2D eigenvalue weighted by molar-refractivity contribution is 6.35. The van der Waals surface area contributed by atoms with E-state index < -0.39 is 0 Å². The molecule has 1 N–H and O–H groups in total. The van der Waals surface area contributed by atoms with Gasteiger partial charge >= 0.3 is 0 Å². The molecule has 4 atom stereocenters. The Hall–Kier alpha value is -1.78. The minimum atomic E-state index is 0.132. The van der Waals surface area contributed by atoms with Gasteiger partial charge in [-0.2, -0.15) is 0 Å². The minimum absolute atomic E-state index is 0.132. The summed E-state index contributed by atoms with van der Waals surface area (Å²) in [5, 5.41) is 1.63. The zero-order valence-electron chi connectivity index (χ0n) is 16.7. The molecule has 3 fully saturated rings. The molecule has 2 bridgehead atoms. The van der Waals surface area contributed by atoms with Crippen LogP contribution in [0.1, 0.15) is 49.0 Å². The molecule has 4 heterocycles. The van der Waals surface area contributed by atoms with Gasteiger partial charge in [-0.25, -0.2) is 0 Å². The number of halogens is 1. The maximum atomic E-state index is 13.6. The molecule has 0 radical (unpaired) electrons. The second-order valence-electron chi connectivity index (χ2n) is 9.39. The molecular formula is C24H28ClN3O. The predicted molar refractivity (Wildman–Crippen MR) is 116 cm³/mol. The number of rotatable bonds is 1. The van der Waals surface area contributed by atoms with E-state index in [1.54, 1.807) is 0 Å². The number of likely N-dealkylation sites (tertiary alicyclic amines) is 1. The third-order valence-corrected chi connectivity index (χ3v) is 8.09. The molecule has 2 unspecified atom stereocenters. The molecule has 1 aromatic heterocycles. The summed E-state index contributed by atoms with van der Waals surface area (Å²) < 4.78 is 0. The number of aromatic amines is 1. The van der Waals surface area contributed by atoms with Crippen molar-refractivity contribution in [1.29, 1.82) is 0 Å². The first-order valence-corrected chi connectivity index (χ1v) is 11.6. The smallest absolute Gasteiger partial charge is 0.270 e. The first-order valence-electron chi connectivity index (χ1n) is 11.2. The summed E-state index contributed by atoms with van der Waals surface area (Å²) in [6.45, 7) is 3.25. The Morgan fingerprint density at radius 2 is 2.10 bits per heavy atom. The van der Waals surface area contributed by atoms with Crippen LogP contribution < -0.4 is 0 Å². The van der Waals surface area contributed by atoms with Crippen molar-refractivity contribution in [2.24, 2.45) is 11.8 Å². The summed E-state index contributed by atoms with van der Waals surface area (Å²) in [5.74, 6) is 1.40. The molecule has 0 spiro atoms. The maximum absolute atomic E-state index is 13.6. The Kier molecular flexibility index (Phi) is 4.28. The fraction of sp³-hybridized carbons (Fsp3) is 0.542. The van der Waals surface area contributed by atoms with Gasteiger partial charge < -0.3 is 9.88 Å². The highest BCUT2D eigenvalue weighted by atomic mass is 35.5. The largest absolute Gasteiger partial charge is 0.350 e. The van der Waals surface area contributed by atoms with Crippen molar-refractivity contribution < 1.29 is 4.79 Å². The zero-order valence-corrected chi connectivity index (χ0v) is 17.5. The average Bonchev–Trinajstić information content (AvgIpc) is 3.19. The first-order chi connectivity index (χ1) is 14.2. The highest BCUT2D eigenvalue weighted by Crippen LogP contribution is 2.45. The van der Waals surface area contributed by atoms with Crippen LogP contribution in [0.2, 0.25) is 5.02 Å². The summed E-state index contributed by atoms with van der Waals surface area (Å²) in [6, 6.07) is 8.75. The van der Waals surface area contributed by atoms with Crippen LogP contribution >= 0.6 is 11.6 Å². The molecule has 6 rings (SSSR count).